The van der Waals surface area contributed by atoms with Crippen LogP contribution in [0, 0.1) is 17.2 Å². The lowest BCUT2D eigenvalue weighted by Crippen LogP contribution is -2.17. The standard InChI is InChI=1S/C15H15N3OS/c1-9(2)15(19)18-11-5-3-10(4-6-11)13-8-20-14(17)12(13)7-16/h3-6,8-9H,17H2,1-2H3,(H,18,19). The molecule has 5 heteroatoms. The van der Waals surface area contributed by atoms with E-state index in [9.17, 15) is 4.79 Å². The lowest BCUT2D eigenvalue weighted by Gasteiger charge is -2.08. The SMILES string of the molecule is CC(C)C(=O)Nc1ccc(-c2csc(N)c2C#N)cc1. The molecule has 0 saturated carbocycles. The largest absolute Gasteiger partial charge is 0.389 e. The molecule has 4 nitrogen and oxygen atoms in total. The summed E-state index contributed by atoms with van der Waals surface area (Å²) < 4.78 is 0. The number of carbonyl (C=O) groups excluding carboxylic acids is 1. The number of benzene rings is 1. The van der Waals surface area contributed by atoms with E-state index in [0.717, 1.165) is 16.8 Å². The van der Waals surface area contributed by atoms with Gasteiger partial charge in [0.2, 0.25) is 5.91 Å². The Labute approximate surface area is 121 Å². The summed E-state index contributed by atoms with van der Waals surface area (Å²) in [6.45, 7) is 3.69. The second-order valence-corrected chi connectivity index (χ2v) is 5.63. The van der Waals surface area contributed by atoms with Gasteiger partial charge in [0.05, 0.1) is 5.56 Å². The zero-order chi connectivity index (χ0) is 14.7. The van der Waals surface area contributed by atoms with Crippen molar-refractivity contribution in [3.63, 3.8) is 0 Å². The van der Waals surface area contributed by atoms with Gasteiger partial charge in [0.1, 0.15) is 11.1 Å². The molecule has 0 radical (unpaired) electrons. The smallest absolute Gasteiger partial charge is 0.226 e. The first kappa shape index (κ1) is 14.1. The van der Waals surface area contributed by atoms with Crippen LogP contribution in [0.4, 0.5) is 10.7 Å². The first-order valence-corrected chi connectivity index (χ1v) is 7.09. The monoisotopic (exact) mass is 285 g/mol. The number of anilines is 2. The van der Waals surface area contributed by atoms with Gasteiger partial charge in [-0.15, -0.1) is 11.3 Å². The van der Waals surface area contributed by atoms with Gasteiger partial charge in [-0.3, -0.25) is 4.79 Å². The van der Waals surface area contributed by atoms with Gasteiger partial charge in [-0.05, 0) is 17.7 Å². The van der Waals surface area contributed by atoms with E-state index in [-0.39, 0.29) is 11.8 Å². The van der Waals surface area contributed by atoms with Crippen molar-refractivity contribution < 1.29 is 4.79 Å². The highest BCUT2D eigenvalue weighted by atomic mass is 32.1. The number of carbonyl (C=O) groups is 1. The van der Waals surface area contributed by atoms with Gasteiger partial charge in [0, 0.05) is 22.5 Å². The van der Waals surface area contributed by atoms with Crippen LogP contribution in [0.25, 0.3) is 11.1 Å². The minimum absolute atomic E-state index is 0.0183. The predicted octanol–water partition coefficient (Wildman–Crippen LogP) is 3.46. The van der Waals surface area contributed by atoms with Crippen molar-refractivity contribution in [2.45, 2.75) is 13.8 Å². The average molecular weight is 285 g/mol. The van der Waals surface area contributed by atoms with Crippen LogP contribution < -0.4 is 11.1 Å². The number of nitrogens with one attached hydrogen (secondary N) is 1. The molecule has 0 unspecified atom stereocenters. The van der Waals surface area contributed by atoms with Crippen molar-refractivity contribution in [2.75, 3.05) is 11.1 Å². The summed E-state index contributed by atoms with van der Waals surface area (Å²) in [6, 6.07) is 9.51. The maximum absolute atomic E-state index is 11.6. The Balaban J connectivity index is 2.24. The van der Waals surface area contributed by atoms with Gasteiger partial charge in [-0.2, -0.15) is 5.26 Å². The maximum Gasteiger partial charge on any atom is 0.226 e. The van der Waals surface area contributed by atoms with Crippen LogP contribution in [-0.2, 0) is 4.79 Å². The first-order chi connectivity index (χ1) is 9.52. The number of hydrogen-bond acceptors (Lipinski definition) is 4. The molecule has 0 aliphatic carbocycles. The molecule has 1 aromatic carbocycles. The van der Waals surface area contributed by atoms with Gasteiger partial charge in [0.15, 0.2) is 0 Å². The number of hydrogen-bond donors (Lipinski definition) is 2. The maximum atomic E-state index is 11.6. The van der Waals surface area contributed by atoms with Crippen molar-refractivity contribution in [3.05, 3.63) is 35.2 Å². The van der Waals surface area contributed by atoms with Crippen LogP contribution in [0.3, 0.4) is 0 Å². The fraction of sp³-hybridized carbons (Fsp3) is 0.200. The van der Waals surface area contributed by atoms with E-state index < -0.39 is 0 Å². The molecule has 0 saturated heterocycles. The quantitative estimate of drug-likeness (QED) is 0.906. The predicted molar refractivity (Wildman–Crippen MR) is 82.4 cm³/mol. The molecule has 1 amide bonds. The summed E-state index contributed by atoms with van der Waals surface area (Å²) >= 11 is 1.35. The summed E-state index contributed by atoms with van der Waals surface area (Å²) in [5, 5.41) is 14.3. The fourth-order valence-corrected chi connectivity index (χ4v) is 2.49. The van der Waals surface area contributed by atoms with E-state index in [1.54, 1.807) is 0 Å². The molecular formula is C15H15N3OS. The molecule has 2 rings (SSSR count). The Morgan fingerprint density at radius 3 is 2.55 bits per heavy atom. The molecule has 0 aliphatic rings. The minimum Gasteiger partial charge on any atom is -0.389 e. The van der Waals surface area contributed by atoms with Crippen LogP contribution in [-0.4, -0.2) is 5.91 Å². The molecule has 0 atom stereocenters. The van der Waals surface area contributed by atoms with E-state index in [2.05, 4.69) is 11.4 Å². The Bertz CT molecular complexity index is 665. The molecule has 1 aromatic heterocycles. The van der Waals surface area contributed by atoms with Crippen molar-refractivity contribution in [3.8, 4) is 17.2 Å². The van der Waals surface area contributed by atoms with Crippen LogP contribution in [0.2, 0.25) is 0 Å². The summed E-state index contributed by atoms with van der Waals surface area (Å²) in [4.78, 5) is 11.6. The number of nitrogens with two attached hydrogens (primary N) is 1. The Morgan fingerprint density at radius 2 is 2.00 bits per heavy atom. The number of amides is 1. The Morgan fingerprint density at radius 1 is 1.35 bits per heavy atom. The van der Waals surface area contributed by atoms with E-state index in [1.165, 1.54) is 11.3 Å². The molecule has 0 bridgehead atoms. The van der Waals surface area contributed by atoms with Crippen molar-refractivity contribution in [1.82, 2.24) is 0 Å². The first-order valence-electron chi connectivity index (χ1n) is 6.21. The highest BCUT2D eigenvalue weighted by Crippen LogP contribution is 2.33. The minimum atomic E-state index is -0.0588. The van der Waals surface area contributed by atoms with Gasteiger partial charge in [0.25, 0.3) is 0 Å². The molecule has 0 spiro atoms. The summed E-state index contributed by atoms with van der Waals surface area (Å²) in [5.41, 5.74) is 8.75. The lowest BCUT2D eigenvalue weighted by atomic mass is 10.0. The van der Waals surface area contributed by atoms with Crippen LogP contribution >= 0.6 is 11.3 Å². The molecule has 2 aromatic rings. The zero-order valence-corrected chi connectivity index (χ0v) is 12.1. The van der Waals surface area contributed by atoms with Crippen molar-refractivity contribution >= 4 is 27.9 Å². The lowest BCUT2D eigenvalue weighted by molar-refractivity contribution is -0.118. The third kappa shape index (κ3) is 2.81. The molecule has 3 N–H and O–H groups in total. The van der Waals surface area contributed by atoms with Crippen LogP contribution in [0.5, 0.6) is 0 Å². The summed E-state index contributed by atoms with van der Waals surface area (Å²) in [7, 11) is 0. The number of nitrogens with zero attached hydrogens (tertiary/aromatic N) is 1. The van der Waals surface area contributed by atoms with Crippen LogP contribution in [0.1, 0.15) is 19.4 Å². The summed E-state index contributed by atoms with van der Waals surface area (Å²) in [5.74, 6) is -0.0771. The number of nitriles is 1. The molecule has 102 valence electrons. The van der Waals surface area contributed by atoms with Gasteiger partial charge < -0.3 is 11.1 Å². The van der Waals surface area contributed by atoms with Crippen molar-refractivity contribution in [1.29, 1.82) is 5.26 Å². The second-order valence-electron chi connectivity index (χ2n) is 4.72. The normalized spacial score (nSPS) is 10.3. The van der Waals surface area contributed by atoms with Crippen LogP contribution in [0.15, 0.2) is 29.6 Å². The van der Waals surface area contributed by atoms with E-state index in [0.29, 0.717) is 10.6 Å². The second kappa shape index (κ2) is 5.76. The highest BCUT2D eigenvalue weighted by Gasteiger charge is 2.11. The number of nitrogen functional groups attached to an aromatic ring is 1. The summed E-state index contributed by atoms with van der Waals surface area (Å²) in [6.07, 6.45) is 0. The highest BCUT2D eigenvalue weighted by molar-refractivity contribution is 7.14. The topological polar surface area (TPSA) is 78.9 Å². The Hall–Kier alpha value is -2.32. The zero-order valence-electron chi connectivity index (χ0n) is 11.3. The molecule has 20 heavy (non-hydrogen) atoms. The van der Waals surface area contributed by atoms with Gasteiger partial charge in [-0.1, -0.05) is 26.0 Å². The van der Waals surface area contributed by atoms with E-state index >= 15 is 0 Å². The fourth-order valence-electron chi connectivity index (χ4n) is 1.72. The molecule has 1 heterocycles. The number of rotatable bonds is 3. The van der Waals surface area contributed by atoms with Crippen molar-refractivity contribution in [2.24, 2.45) is 5.92 Å². The third-order valence-electron chi connectivity index (χ3n) is 2.92. The van der Waals surface area contributed by atoms with Gasteiger partial charge in [-0.25, -0.2) is 0 Å². The van der Waals surface area contributed by atoms with E-state index in [4.69, 9.17) is 11.0 Å². The molecule has 0 fully saturated rings. The Kier molecular flexibility index (Phi) is 4.06. The van der Waals surface area contributed by atoms with E-state index in [1.807, 2.05) is 43.5 Å². The molecule has 0 aliphatic heterocycles. The van der Waals surface area contributed by atoms with Gasteiger partial charge >= 0.3 is 0 Å². The molecular weight excluding hydrogens is 270 g/mol. The number of thiophene rings is 1. The average Bonchev–Trinajstić information content (AvgIpc) is 2.80. The third-order valence-corrected chi connectivity index (χ3v) is 3.73.